The highest BCUT2D eigenvalue weighted by Gasteiger charge is 2.30. The molecule has 0 radical (unpaired) electrons. The van der Waals surface area contributed by atoms with Crippen molar-refractivity contribution in [2.75, 3.05) is 19.7 Å². The Bertz CT molecular complexity index is 674. The van der Waals surface area contributed by atoms with Crippen LogP contribution < -0.4 is 5.32 Å². The smallest absolute Gasteiger partial charge is 0.309 e. The molecule has 23 heavy (non-hydrogen) atoms. The van der Waals surface area contributed by atoms with Crippen LogP contribution >= 0.6 is 0 Å². The quantitative estimate of drug-likeness (QED) is 0.884. The highest BCUT2D eigenvalue weighted by molar-refractivity contribution is 5.79. The molecule has 1 N–H and O–H groups in total. The van der Waals surface area contributed by atoms with Gasteiger partial charge in [0.05, 0.1) is 5.92 Å². The summed E-state index contributed by atoms with van der Waals surface area (Å²) in [5.41, 5.74) is 5.08. The zero-order valence-corrected chi connectivity index (χ0v) is 13.1. The summed E-state index contributed by atoms with van der Waals surface area (Å²) in [4.78, 5) is 12.3. The third-order valence-electron chi connectivity index (χ3n) is 5.03. The fourth-order valence-electron chi connectivity index (χ4n) is 3.78. The van der Waals surface area contributed by atoms with Crippen molar-refractivity contribution in [2.45, 2.75) is 18.8 Å². The average molecular weight is 307 g/mol. The van der Waals surface area contributed by atoms with Crippen LogP contribution in [0.5, 0.6) is 0 Å². The zero-order valence-electron chi connectivity index (χ0n) is 13.1. The fourth-order valence-corrected chi connectivity index (χ4v) is 3.78. The van der Waals surface area contributed by atoms with E-state index in [0.717, 1.165) is 25.9 Å². The molecule has 2 aromatic carbocycles. The average Bonchev–Trinajstić information content (AvgIpc) is 2.94. The van der Waals surface area contributed by atoms with Gasteiger partial charge in [0.2, 0.25) is 0 Å². The second kappa shape index (κ2) is 6.17. The third kappa shape index (κ3) is 2.66. The van der Waals surface area contributed by atoms with E-state index in [0.29, 0.717) is 6.61 Å². The Morgan fingerprint density at radius 3 is 2.13 bits per heavy atom. The Balaban J connectivity index is 1.53. The fraction of sp³-hybridized carbons (Fsp3) is 0.350. The number of carbonyl (C=O) groups is 1. The van der Waals surface area contributed by atoms with E-state index in [1.165, 1.54) is 22.3 Å². The van der Waals surface area contributed by atoms with Crippen molar-refractivity contribution in [3.05, 3.63) is 59.7 Å². The van der Waals surface area contributed by atoms with Crippen LogP contribution in [0.2, 0.25) is 0 Å². The highest BCUT2D eigenvalue weighted by atomic mass is 16.5. The molecule has 1 aliphatic carbocycles. The van der Waals surface area contributed by atoms with E-state index in [9.17, 15) is 4.79 Å². The van der Waals surface area contributed by atoms with Crippen LogP contribution in [0.3, 0.4) is 0 Å². The van der Waals surface area contributed by atoms with Gasteiger partial charge in [-0.15, -0.1) is 0 Å². The van der Waals surface area contributed by atoms with Crippen molar-refractivity contribution >= 4 is 5.97 Å². The van der Waals surface area contributed by atoms with Gasteiger partial charge in [0.25, 0.3) is 0 Å². The summed E-state index contributed by atoms with van der Waals surface area (Å²) in [5.74, 6) is 0.185. The van der Waals surface area contributed by atoms with Crippen molar-refractivity contribution in [1.29, 1.82) is 0 Å². The van der Waals surface area contributed by atoms with Gasteiger partial charge in [-0.1, -0.05) is 48.5 Å². The molecular weight excluding hydrogens is 286 g/mol. The van der Waals surface area contributed by atoms with Crippen molar-refractivity contribution in [1.82, 2.24) is 5.32 Å². The summed E-state index contributed by atoms with van der Waals surface area (Å²) in [7, 11) is 0. The van der Waals surface area contributed by atoms with E-state index < -0.39 is 0 Å². The van der Waals surface area contributed by atoms with Crippen molar-refractivity contribution in [3.63, 3.8) is 0 Å². The minimum Gasteiger partial charge on any atom is -0.464 e. The maximum absolute atomic E-state index is 12.3. The molecule has 1 aliphatic heterocycles. The number of hydrogen-bond donors (Lipinski definition) is 1. The molecule has 1 fully saturated rings. The van der Waals surface area contributed by atoms with Crippen LogP contribution in [0.1, 0.15) is 29.9 Å². The lowest BCUT2D eigenvalue weighted by atomic mass is 9.97. The number of nitrogens with one attached hydrogen (secondary N) is 1. The molecule has 1 saturated heterocycles. The maximum atomic E-state index is 12.3. The first-order valence-electron chi connectivity index (χ1n) is 8.40. The number of benzene rings is 2. The highest BCUT2D eigenvalue weighted by Crippen LogP contribution is 2.44. The maximum Gasteiger partial charge on any atom is 0.309 e. The standard InChI is InChI=1S/C20H21NO2/c22-20(14-9-11-21-12-10-14)23-13-19-17-7-3-1-5-15(17)16-6-2-4-8-18(16)19/h1-8,14,19,21H,9-13H2. The monoisotopic (exact) mass is 307 g/mol. The second-order valence-electron chi connectivity index (χ2n) is 6.38. The molecule has 2 aliphatic rings. The molecule has 118 valence electrons. The van der Waals surface area contributed by atoms with Crippen LogP contribution in [0.4, 0.5) is 0 Å². The SMILES string of the molecule is O=C(OCC1c2ccccc2-c2ccccc21)C1CCNCC1. The van der Waals surface area contributed by atoms with Gasteiger partial charge < -0.3 is 10.1 Å². The van der Waals surface area contributed by atoms with Gasteiger partial charge in [0.15, 0.2) is 0 Å². The Kier molecular flexibility index (Phi) is 3.88. The molecule has 0 amide bonds. The Labute approximate surface area is 136 Å². The molecule has 1 heterocycles. The largest absolute Gasteiger partial charge is 0.464 e. The van der Waals surface area contributed by atoms with E-state index >= 15 is 0 Å². The van der Waals surface area contributed by atoms with Crippen molar-refractivity contribution in [3.8, 4) is 11.1 Å². The Hall–Kier alpha value is -2.13. The summed E-state index contributed by atoms with van der Waals surface area (Å²) in [6.45, 7) is 2.26. The molecule has 0 saturated carbocycles. The first-order chi connectivity index (χ1) is 11.3. The van der Waals surface area contributed by atoms with E-state index in [1.807, 2.05) is 0 Å². The number of rotatable bonds is 3. The predicted octanol–water partition coefficient (Wildman–Crippen LogP) is 3.34. The molecule has 0 atom stereocenters. The minimum atomic E-state index is -0.0339. The summed E-state index contributed by atoms with van der Waals surface area (Å²) in [6, 6.07) is 16.9. The Morgan fingerprint density at radius 1 is 0.957 bits per heavy atom. The molecular formula is C20H21NO2. The molecule has 0 unspecified atom stereocenters. The lowest BCUT2D eigenvalue weighted by Crippen LogP contribution is -2.33. The Morgan fingerprint density at radius 2 is 1.52 bits per heavy atom. The summed E-state index contributed by atoms with van der Waals surface area (Å²) in [6.07, 6.45) is 1.77. The van der Waals surface area contributed by atoms with Gasteiger partial charge in [-0.3, -0.25) is 4.79 Å². The number of esters is 1. The first kappa shape index (κ1) is 14.5. The van der Waals surface area contributed by atoms with Crippen molar-refractivity contribution in [2.24, 2.45) is 5.92 Å². The summed E-state index contributed by atoms with van der Waals surface area (Å²) >= 11 is 0. The van der Waals surface area contributed by atoms with Gasteiger partial charge in [-0.25, -0.2) is 0 Å². The van der Waals surface area contributed by atoms with Gasteiger partial charge in [-0.05, 0) is 48.2 Å². The van der Waals surface area contributed by atoms with Gasteiger partial charge in [0, 0.05) is 5.92 Å². The third-order valence-corrected chi connectivity index (χ3v) is 5.03. The van der Waals surface area contributed by atoms with Crippen LogP contribution in [-0.2, 0) is 9.53 Å². The van der Waals surface area contributed by atoms with Gasteiger partial charge in [0.1, 0.15) is 6.61 Å². The first-order valence-corrected chi connectivity index (χ1v) is 8.40. The summed E-state index contributed by atoms with van der Waals surface area (Å²) < 4.78 is 5.71. The van der Waals surface area contributed by atoms with E-state index in [2.05, 4.69) is 53.8 Å². The molecule has 2 aromatic rings. The number of piperidine rings is 1. The lowest BCUT2D eigenvalue weighted by Gasteiger charge is -2.22. The van der Waals surface area contributed by atoms with Crippen molar-refractivity contribution < 1.29 is 9.53 Å². The topological polar surface area (TPSA) is 38.3 Å². The van der Waals surface area contributed by atoms with E-state index in [-0.39, 0.29) is 17.8 Å². The number of hydrogen-bond acceptors (Lipinski definition) is 3. The van der Waals surface area contributed by atoms with E-state index in [1.54, 1.807) is 0 Å². The number of carbonyl (C=O) groups excluding carboxylic acids is 1. The van der Waals surface area contributed by atoms with Crippen LogP contribution in [-0.4, -0.2) is 25.7 Å². The predicted molar refractivity (Wildman–Crippen MR) is 90.3 cm³/mol. The van der Waals surface area contributed by atoms with E-state index in [4.69, 9.17) is 4.74 Å². The van der Waals surface area contributed by atoms with Gasteiger partial charge in [-0.2, -0.15) is 0 Å². The van der Waals surface area contributed by atoms with Crippen LogP contribution in [0, 0.1) is 5.92 Å². The molecule has 3 heteroatoms. The molecule has 0 bridgehead atoms. The second-order valence-corrected chi connectivity index (χ2v) is 6.38. The zero-order chi connectivity index (χ0) is 15.6. The molecule has 4 rings (SSSR count). The van der Waals surface area contributed by atoms with Crippen LogP contribution in [0.15, 0.2) is 48.5 Å². The molecule has 0 aromatic heterocycles. The normalized spacial score (nSPS) is 17.6. The van der Waals surface area contributed by atoms with Crippen LogP contribution in [0.25, 0.3) is 11.1 Å². The number of ether oxygens (including phenoxy) is 1. The molecule has 3 nitrogen and oxygen atoms in total. The lowest BCUT2D eigenvalue weighted by molar-refractivity contribution is -0.149. The number of fused-ring (bicyclic) bond motifs is 3. The summed E-state index contributed by atoms with van der Waals surface area (Å²) in [5, 5.41) is 3.29. The molecule has 0 spiro atoms. The minimum absolute atomic E-state index is 0.0339. The van der Waals surface area contributed by atoms with Gasteiger partial charge >= 0.3 is 5.97 Å².